The number of nitrogen functional groups attached to an aromatic ring is 1. The molecule has 100 valence electrons. The first-order valence-corrected chi connectivity index (χ1v) is 6.82. The van der Waals surface area contributed by atoms with E-state index in [2.05, 4.69) is 15.4 Å². The Morgan fingerprint density at radius 3 is 2.63 bits per heavy atom. The number of hydrogen-bond donors (Lipinski definition) is 2. The lowest BCUT2D eigenvalue weighted by molar-refractivity contribution is 0.591. The molecule has 0 amide bonds. The molecule has 19 heavy (non-hydrogen) atoms. The zero-order chi connectivity index (χ0) is 13.9. The highest BCUT2D eigenvalue weighted by molar-refractivity contribution is 7.92. The average Bonchev–Trinajstić information content (AvgIpc) is 2.47. The van der Waals surface area contributed by atoms with Crippen molar-refractivity contribution in [1.82, 2.24) is 9.97 Å². The number of sulfonamides is 1. The third-order valence-electron chi connectivity index (χ3n) is 2.54. The normalized spacial score (nSPS) is 11.1. The van der Waals surface area contributed by atoms with E-state index in [1.165, 1.54) is 25.5 Å². The molecule has 2 aromatic rings. The molecule has 7 nitrogen and oxygen atoms in total. The Balaban J connectivity index is 2.48. The average molecular weight is 279 g/mol. The van der Waals surface area contributed by atoms with Crippen LogP contribution in [-0.4, -0.2) is 25.4 Å². The number of anilines is 2. The molecule has 2 heterocycles. The van der Waals surface area contributed by atoms with Crippen LogP contribution >= 0.6 is 0 Å². The molecule has 0 atom stereocenters. The third kappa shape index (κ3) is 2.49. The molecule has 0 fully saturated rings. The quantitative estimate of drug-likeness (QED) is 0.627. The van der Waals surface area contributed by atoms with Gasteiger partial charge < -0.3 is 5.43 Å². The molecule has 0 aliphatic carbocycles. The van der Waals surface area contributed by atoms with Crippen LogP contribution in [-0.2, 0) is 10.0 Å². The molecule has 3 N–H and O–H groups in total. The van der Waals surface area contributed by atoms with Crippen LogP contribution in [0, 0.1) is 0 Å². The molecule has 2 aromatic heterocycles. The van der Waals surface area contributed by atoms with Crippen LogP contribution < -0.4 is 15.6 Å². The number of hydrogen-bond acceptors (Lipinski definition) is 6. The number of pyridine rings is 2. The van der Waals surface area contributed by atoms with Crippen molar-refractivity contribution in [2.75, 3.05) is 16.8 Å². The molecule has 0 radical (unpaired) electrons. The maximum absolute atomic E-state index is 12.5. The summed E-state index contributed by atoms with van der Waals surface area (Å²) >= 11 is 0. The van der Waals surface area contributed by atoms with Crippen LogP contribution in [0.15, 0.2) is 47.9 Å². The Hall–Kier alpha value is -2.19. The topological polar surface area (TPSA) is 101 Å². The van der Waals surface area contributed by atoms with Gasteiger partial charge in [-0.1, -0.05) is 0 Å². The minimum absolute atomic E-state index is 0.135. The van der Waals surface area contributed by atoms with E-state index in [0.717, 1.165) is 4.31 Å². The van der Waals surface area contributed by atoms with Gasteiger partial charge in [0.05, 0.1) is 17.6 Å². The summed E-state index contributed by atoms with van der Waals surface area (Å²) in [7, 11) is -2.36. The van der Waals surface area contributed by atoms with Crippen molar-refractivity contribution in [2.45, 2.75) is 5.03 Å². The molecular weight excluding hydrogens is 266 g/mol. The Bertz CT molecular complexity index is 660. The number of aromatic nitrogens is 2. The zero-order valence-electron chi connectivity index (χ0n) is 10.2. The van der Waals surface area contributed by atoms with Gasteiger partial charge >= 0.3 is 0 Å². The van der Waals surface area contributed by atoms with Crippen LogP contribution in [0.4, 0.5) is 11.4 Å². The van der Waals surface area contributed by atoms with Gasteiger partial charge in [-0.3, -0.25) is 15.1 Å². The van der Waals surface area contributed by atoms with Gasteiger partial charge in [0.15, 0.2) is 0 Å². The van der Waals surface area contributed by atoms with Gasteiger partial charge in [-0.15, -0.1) is 0 Å². The first-order valence-electron chi connectivity index (χ1n) is 5.38. The van der Waals surface area contributed by atoms with E-state index in [0.29, 0.717) is 5.69 Å². The Kier molecular flexibility index (Phi) is 3.63. The van der Waals surface area contributed by atoms with Gasteiger partial charge in [0.25, 0.3) is 10.0 Å². The van der Waals surface area contributed by atoms with E-state index in [-0.39, 0.29) is 10.7 Å². The molecule has 0 bridgehead atoms. The predicted molar refractivity (Wildman–Crippen MR) is 71.9 cm³/mol. The summed E-state index contributed by atoms with van der Waals surface area (Å²) in [5.41, 5.74) is 3.00. The SMILES string of the molecule is CN(c1cccnc1)S(=O)(=O)c1ncccc1NN. The fraction of sp³-hybridized carbons (Fsp3) is 0.0909. The lowest BCUT2D eigenvalue weighted by Gasteiger charge is -2.19. The third-order valence-corrected chi connectivity index (χ3v) is 4.29. The summed E-state index contributed by atoms with van der Waals surface area (Å²) < 4.78 is 26.0. The van der Waals surface area contributed by atoms with E-state index in [1.807, 2.05) is 0 Å². The van der Waals surface area contributed by atoms with Crippen LogP contribution in [0.25, 0.3) is 0 Å². The maximum atomic E-state index is 12.5. The predicted octanol–water partition coefficient (Wildman–Crippen LogP) is 0.587. The van der Waals surface area contributed by atoms with Crippen molar-refractivity contribution in [3.05, 3.63) is 42.9 Å². The van der Waals surface area contributed by atoms with Crippen molar-refractivity contribution in [2.24, 2.45) is 5.84 Å². The second-order valence-electron chi connectivity index (χ2n) is 3.68. The van der Waals surface area contributed by atoms with E-state index < -0.39 is 10.0 Å². The fourth-order valence-corrected chi connectivity index (χ4v) is 2.76. The lowest BCUT2D eigenvalue weighted by Crippen LogP contribution is -2.28. The summed E-state index contributed by atoms with van der Waals surface area (Å²) in [6, 6.07) is 6.43. The molecule has 0 saturated carbocycles. The highest BCUT2D eigenvalue weighted by atomic mass is 32.2. The van der Waals surface area contributed by atoms with E-state index in [9.17, 15) is 8.42 Å². The summed E-state index contributed by atoms with van der Waals surface area (Å²) in [5.74, 6) is 5.30. The van der Waals surface area contributed by atoms with Gasteiger partial charge in [-0.05, 0) is 24.3 Å². The Morgan fingerprint density at radius 2 is 2.00 bits per heavy atom. The van der Waals surface area contributed by atoms with Crippen LogP contribution in [0.2, 0.25) is 0 Å². The molecule has 8 heteroatoms. The maximum Gasteiger partial charge on any atom is 0.283 e. The summed E-state index contributed by atoms with van der Waals surface area (Å²) in [6.45, 7) is 0. The number of nitrogens with zero attached hydrogens (tertiary/aromatic N) is 3. The van der Waals surface area contributed by atoms with Gasteiger partial charge in [0.2, 0.25) is 5.03 Å². The van der Waals surface area contributed by atoms with E-state index >= 15 is 0 Å². The molecule has 0 saturated heterocycles. The smallest absolute Gasteiger partial charge is 0.283 e. The van der Waals surface area contributed by atoms with Crippen LogP contribution in [0.5, 0.6) is 0 Å². The molecule has 0 aliphatic heterocycles. The van der Waals surface area contributed by atoms with Crippen LogP contribution in [0.1, 0.15) is 0 Å². The van der Waals surface area contributed by atoms with Gasteiger partial charge in [-0.25, -0.2) is 4.98 Å². The summed E-state index contributed by atoms with van der Waals surface area (Å²) in [4.78, 5) is 7.76. The minimum atomic E-state index is -3.80. The fourth-order valence-electron chi connectivity index (χ4n) is 1.51. The largest absolute Gasteiger partial charge is 0.321 e. The zero-order valence-corrected chi connectivity index (χ0v) is 11.0. The lowest BCUT2D eigenvalue weighted by atomic mass is 10.4. The van der Waals surface area contributed by atoms with Gasteiger partial charge in [-0.2, -0.15) is 8.42 Å². The minimum Gasteiger partial charge on any atom is -0.321 e. The van der Waals surface area contributed by atoms with Crippen molar-refractivity contribution in [3.8, 4) is 0 Å². The number of nitrogens with one attached hydrogen (secondary N) is 1. The molecule has 2 rings (SSSR count). The van der Waals surface area contributed by atoms with Crippen LogP contribution in [0.3, 0.4) is 0 Å². The standard InChI is InChI=1S/C11H13N5O2S/c1-16(9-4-2-6-13-8-9)19(17,18)11-10(15-12)5-3-7-14-11/h2-8,15H,12H2,1H3. The highest BCUT2D eigenvalue weighted by Crippen LogP contribution is 2.24. The second-order valence-corrected chi connectivity index (χ2v) is 5.57. The van der Waals surface area contributed by atoms with Crippen molar-refractivity contribution >= 4 is 21.4 Å². The summed E-state index contributed by atoms with van der Waals surface area (Å²) in [6.07, 6.45) is 4.42. The number of hydrazine groups is 1. The van der Waals surface area contributed by atoms with Gasteiger partial charge in [0.1, 0.15) is 0 Å². The van der Waals surface area contributed by atoms with Crippen molar-refractivity contribution in [1.29, 1.82) is 0 Å². The second kappa shape index (κ2) is 5.21. The van der Waals surface area contributed by atoms with E-state index in [4.69, 9.17) is 5.84 Å². The summed E-state index contributed by atoms with van der Waals surface area (Å²) in [5, 5.41) is -0.135. The highest BCUT2D eigenvalue weighted by Gasteiger charge is 2.25. The van der Waals surface area contributed by atoms with E-state index in [1.54, 1.807) is 24.4 Å². The molecule has 0 aliphatic rings. The molecule has 0 unspecified atom stereocenters. The Morgan fingerprint density at radius 1 is 1.26 bits per heavy atom. The first kappa shape index (κ1) is 13.2. The molecular formula is C11H13N5O2S. The number of rotatable bonds is 4. The molecule has 0 spiro atoms. The first-order chi connectivity index (χ1) is 9.07. The molecule has 0 aromatic carbocycles. The number of nitrogens with two attached hydrogens (primary N) is 1. The van der Waals surface area contributed by atoms with Gasteiger partial charge in [0, 0.05) is 19.4 Å². The van der Waals surface area contributed by atoms with Crippen molar-refractivity contribution < 1.29 is 8.42 Å². The Labute approximate surface area is 111 Å². The monoisotopic (exact) mass is 279 g/mol. The van der Waals surface area contributed by atoms with Crippen molar-refractivity contribution in [3.63, 3.8) is 0 Å².